The molecule has 1 amide bonds. The van der Waals surface area contributed by atoms with Crippen LogP contribution >= 0.6 is 23.1 Å². The smallest absolute Gasteiger partial charge is 0.230 e. The molecule has 1 aromatic heterocycles. The quantitative estimate of drug-likeness (QED) is 0.552. The number of anilines is 1. The van der Waals surface area contributed by atoms with Crippen molar-refractivity contribution in [1.29, 1.82) is 0 Å². The molecule has 0 radical (unpaired) electrons. The lowest BCUT2D eigenvalue weighted by Crippen LogP contribution is -2.33. The molecule has 0 aliphatic carbocycles. The summed E-state index contributed by atoms with van der Waals surface area (Å²) in [6.45, 7) is 1.12. The maximum Gasteiger partial charge on any atom is 0.230 e. The number of nitrogens with one attached hydrogen (secondary N) is 2. The Labute approximate surface area is 175 Å². The van der Waals surface area contributed by atoms with Gasteiger partial charge in [0.05, 0.1) is 18.4 Å². The van der Waals surface area contributed by atoms with E-state index in [0.717, 1.165) is 23.3 Å². The lowest BCUT2D eigenvalue weighted by Gasteiger charge is -2.26. The lowest BCUT2D eigenvalue weighted by atomic mass is 10.0. The minimum atomic E-state index is -0.258. The summed E-state index contributed by atoms with van der Waals surface area (Å²) in [6, 6.07) is 14.0. The SMILES string of the molecule is O=C(CSc1nnc(NCc2ccc(F)cc2)s1)N[C@H]1CCOc2ccccc21. The van der Waals surface area contributed by atoms with Crippen LogP contribution < -0.4 is 15.4 Å². The van der Waals surface area contributed by atoms with Gasteiger partial charge in [0, 0.05) is 18.5 Å². The molecular weight excluding hydrogens is 411 g/mol. The predicted octanol–water partition coefficient (Wildman–Crippen LogP) is 4.02. The van der Waals surface area contributed by atoms with Crippen molar-refractivity contribution >= 4 is 34.1 Å². The van der Waals surface area contributed by atoms with Crippen molar-refractivity contribution in [2.24, 2.45) is 0 Å². The van der Waals surface area contributed by atoms with E-state index in [1.165, 1.54) is 35.2 Å². The summed E-state index contributed by atoms with van der Waals surface area (Å²) < 4.78 is 19.3. The largest absolute Gasteiger partial charge is 0.493 e. The van der Waals surface area contributed by atoms with Gasteiger partial charge in [0.1, 0.15) is 11.6 Å². The Balaban J connectivity index is 1.25. The van der Waals surface area contributed by atoms with Crippen molar-refractivity contribution in [1.82, 2.24) is 15.5 Å². The molecule has 1 aliphatic heterocycles. The molecule has 9 heteroatoms. The monoisotopic (exact) mass is 430 g/mol. The third-order valence-electron chi connectivity index (χ3n) is 4.38. The molecule has 0 bridgehead atoms. The van der Waals surface area contributed by atoms with Gasteiger partial charge in [-0.2, -0.15) is 0 Å². The number of fused-ring (bicyclic) bond motifs is 1. The number of carbonyl (C=O) groups is 1. The van der Waals surface area contributed by atoms with Crippen LogP contribution in [0.5, 0.6) is 5.75 Å². The van der Waals surface area contributed by atoms with Crippen molar-refractivity contribution in [3.63, 3.8) is 0 Å². The summed E-state index contributed by atoms with van der Waals surface area (Å²) in [6.07, 6.45) is 0.754. The van der Waals surface area contributed by atoms with Crippen molar-refractivity contribution in [2.45, 2.75) is 23.3 Å². The van der Waals surface area contributed by atoms with Crippen LogP contribution in [0.25, 0.3) is 0 Å². The van der Waals surface area contributed by atoms with Gasteiger partial charge in [-0.3, -0.25) is 4.79 Å². The topological polar surface area (TPSA) is 76.1 Å². The van der Waals surface area contributed by atoms with Crippen LogP contribution in [0.1, 0.15) is 23.6 Å². The van der Waals surface area contributed by atoms with Gasteiger partial charge in [-0.1, -0.05) is 53.4 Å². The zero-order chi connectivity index (χ0) is 20.1. The van der Waals surface area contributed by atoms with Crippen LogP contribution in [0.2, 0.25) is 0 Å². The Morgan fingerprint density at radius 3 is 2.90 bits per heavy atom. The second-order valence-corrected chi connectivity index (χ2v) is 8.64. The standard InChI is InChI=1S/C20H19FN4O2S2/c21-14-7-5-13(6-8-14)11-22-19-24-25-20(29-19)28-12-18(26)23-16-9-10-27-17-4-2-1-3-15(16)17/h1-8,16H,9-12H2,(H,22,24)(H,23,26)/t16-/m0/s1. The van der Waals surface area contributed by atoms with Crippen molar-refractivity contribution in [2.75, 3.05) is 17.7 Å². The number of amides is 1. The maximum absolute atomic E-state index is 12.9. The van der Waals surface area contributed by atoms with Gasteiger partial charge in [-0.15, -0.1) is 10.2 Å². The van der Waals surface area contributed by atoms with E-state index < -0.39 is 0 Å². The molecule has 0 unspecified atom stereocenters. The van der Waals surface area contributed by atoms with Gasteiger partial charge in [0.2, 0.25) is 11.0 Å². The highest BCUT2D eigenvalue weighted by Gasteiger charge is 2.22. The summed E-state index contributed by atoms with van der Waals surface area (Å²) in [7, 11) is 0. The Morgan fingerprint density at radius 2 is 2.03 bits per heavy atom. The molecule has 4 rings (SSSR count). The highest BCUT2D eigenvalue weighted by Crippen LogP contribution is 2.32. The zero-order valence-electron chi connectivity index (χ0n) is 15.4. The molecule has 2 heterocycles. The molecule has 1 atom stereocenters. The molecule has 0 fully saturated rings. The number of hydrogen-bond donors (Lipinski definition) is 2. The van der Waals surface area contributed by atoms with E-state index in [4.69, 9.17) is 4.74 Å². The molecule has 1 aliphatic rings. The summed E-state index contributed by atoms with van der Waals surface area (Å²) in [5.41, 5.74) is 1.97. The van der Waals surface area contributed by atoms with Crippen LogP contribution in [0.15, 0.2) is 52.9 Å². The maximum atomic E-state index is 12.9. The summed E-state index contributed by atoms with van der Waals surface area (Å²) in [5.74, 6) is 0.794. The first-order valence-corrected chi connectivity index (χ1v) is 10.9. The highest BCUT2D eigenvalue weighted by molar-refractivity contribution is 8.01. The van der Waals surface area contributed by atoms with Crippen LogP contribution in [-0.2, 0) is 11.3 Å². The number of para-hydroxylation sites is 1. The van der Waals surface area contributed by atoms with Gasteiger partial charge >= 0.3 is 0 Å². The number of rotatable bonds is 7. The number of benzene rings is 2. The summed E-state index contributed by atoms with van der Waals surface area (Å²) in [5, 5.41) is 15.1. The van der Waals surface area contributed by atoms with Gasteiger partial charge in [-0.05, 0) is 23.8 Å². The third kappa shape index (κ3) is 5.24. The van der Waals surface area contributed by atoms with Gasteiger partial charge < -0.3 is 15.4 Å². The molecule has 2 N–H and O–H groups in total. The number of aromatic nitrogens is 2. The second-order valence-electron chi connectivity index (χ2n) is 6.44. The minimum Gasteiger partial charge on any atom is -0.493 e. The normalized spacial score (nSPS) is 15.3. The number of ether oxygens (including phenoxy) is 1. The van der Waals surface area contributed by atoms with Crippen LogP contribution in [0.3, 0.4) is 0 Å². The fourth-order valence-electron chi connectivity index (χ4n) is 2.97. The van der Waals surface area contributed by atoms with E-state index in [0.29, 0.717) is 22.6 Å². The van der Waals surface area contributed by atoms with Crippen LogP contribution in [-0.4, -0.2) is 28.5 Å². The number of thioether (sulfide) groups is 1. The summed E-state index contributed by atoms with van der Waals surface area (Å²) >= 11 is 2.74. The Bertz CT molecular complexity index is 981. The van der Waals surface area contributed by atoms with Crippen molar-refractivity contribution in [3.8, 4) is 5.75 Å². The molecule has 0 saturated carbocycles. The van der Waals surface area contributed by atoms with Crippen LogP contribution in [0, 0.1) is 5.82 Å². The van der Waals surface area contributed by atoms with Gasteiger partial charge in [0.15, 0.2) is 4.34 Å². The molecule has 150 valence electrons. The van der Waals surface area contributed by atoms with Crippen molar-refractivity contribution in [3.05, 3.63) is 65.5 Å². The van der Waals surface area contributed by atoms with E-state index >= 15 is 0 Å². The lowest BCUT2D eigenvalue weighted by molar-refractivity contribution is -0.119. The number of halogens is 1. The van der Waals surface area contributed by atoms with E-state index in [9.17, 15) is 9.18 Å². The van der Waals surface area contributed by atoms with Crippen LogP contribution in [0.4, 0.5) is 9.52 Å². The first kappa shape index (κ1) is 19.7. The Morgan fingerprint density at radius 1 is 1.21 bits per heavy atom. The number of hydrogen-bond acceptors (Lipinski definition) is 7. The zero-order valence-corrected chi connectivity index (χ0v) is 17.1. The van der Waals surface area contributed by atoms with Gasteiger partial charge in [-0.25, -0.2) is 4.39 Å². The first-order valence-electron chi connectivity index (χ1n) is 9.13. The molecule has 0 spiro atoms. The number of nitrogens with zero attached hydrogens (tertiary/aromatic N) is 2. The Hall–Kier alpha value is -2.65. The average Bonchev–Trinajstić information content (AvgIpc) is 3.20. The van der Waals surface area contributed by atoms with Crippen molar-refractivity contribution < 1.29 is 13.9 Å². The van der Waals surface area contributed by atoms with E-state index in [1.807, 2.05) is 24.3 Å². The molecule has 6 nitrogen and oxygen atoms in total. The fourth-order valence-corrected chi connectivity index (χ4v) is 4.53. The molecule has 29 heavy (non-hydrogen) atoms. The van der Waals surface area contributed by atoms with E-state index in [1.54, 1.807) is 12.1 Å². The minimum absolute atomic E-state index is 0.0320. The first-order chi connectivity index (χ1) is 14.2. The Kier molecular flexibility index (Phi) is 6.26. The highest BCUT2D eigenvalue weighted by atomic mass is 32.2. The van der Waals surface area contributed by atoms with E-state index in [-0.39, 0.29) is 23.5 Å². The predicted molar refractivity (Wildman–Crippen MR) is 112 cm³/mol. The third-order valence-corrected chi connectivity index (χ3v) is 6.40. The molecule has 2 aromatic carbocycles. The van der Waals surface area contributed by atoms with E-state index in [2.05, 4.69) is 20.8 Å². The average molecular weight is 431 g/mol. The summed E-state index contributed by atoms with van der Waals surface area (Å²) in [4.78, 5) is 12.4. The molecular formula is C20H19FN4O2S2. The molecule has 3 aromatic rings. The fraction of sp³-hybridized carbons (Fsp3) is 0.250. The second kappa shape index (κ2) is 9.23. The number of carbonyl (C=O) groups excluding carboxylic acids is 1. The van der Waals surface area contributed by atoms with Gasteiger partial charge in [0.25, 0.3) is 0 Å². The molecule has 0 saturated heterocycles.